The molecule has 1 aromatic rings. The zero-order valence-electron chi connectivity index (χ0n) is 10.7. The van der Waals surface area contributed by atoms with E-state index in [1.165, 1.54) is 24.2 Å². The molecule has 1 unspecified atom stereocenters. The highest BCUT2D eigenvalue weighted by Crippen LogP contribution is 2.27. The van der Waals surface area contributed by atoms with Crippen molar-refractivity contribution in [1.29, 1.82) is 0 Å². The number of hydrogen-bond acceptors (Lipinski definition) is 3. The van der Waals surface area contributed by atoms with Gasteiger partial charge in [0.1, 0.15) is 6.10 Å². The van der Waals surface area contributed by atoms with Crippen LogP contribution in [0.4, 0.5) is 0 Å². The van der Waals surface area contributed by atoms with Gasteiger partial charge in [-0.25, -0.2) is 0 Å². The number of nitrogens with one attached hydrogen (secondary N) is 2. The van der Waals surface area contributed by atoms with E-state index in [2.05, 4.69) is 15.6 Å². The predicted molar refractivity (Wildman–Crippen MR) is 91.8 cm³/mol. The highest BCUT2D eigenvalue weighted by atomic mass is 127. The van der Waals surface area contributed by atoms with Crippen molar-refractivity contribution < 1.29 is 5.11 Å². The molecule has 0 radical (unpaired) electrons. The molecule has 1 fully saturated rings. The van der Waals surface area contributed by atoms with Crippen molar-refractivity contribution in [2.24, 2.45) is 10.9 Å². The van der Waals surface area contributed by atoms with Gasteiger partial charge in [-0.3, -0.25) is 4.99 Å². The minimum atomic E-state index is -0.554. The fourth-order valence-corrected chi connectivity index (χ4v) is 2.63. The number of aliphatic hydroxyl groups excluding tert-OH is 1. The van der Waals surface area contributed by atoms with Gasteiger partial charge in [-0.1, -0.05) is 11.6 Å². The van der Waals surface area contributed by atoms with Gasteiger partial charge in [-0.05, 0) is 30.9 Å². The Hall–Kier alpha value is -0.0500. The summed E-state index contributed by atoms with van der Waals surface area (Å²) in [7, 11) is 1.73. The molecule has 0 bridgehead atoms. The lowest BCUT2D eigenvalue weighted by Crippen LogP contribution is -2.40. The molecule has 108 valence electrons. The summed E-state index contributed by atoms with van der Waals surface area (Å²) in [5.74, 6) is 1.54. The maximum Gasteiger partial charge on any atom is 0.191 e. The van der Waals surface area contributed by atoms with E-state index in [0.29, 0.717) is 10.9 Å². The largest absolute Gasteiger partial charge is 0.386 e. The van der Waals surface area contributed by atoms with Crippen LogP contribution in [0.2, 0.25) is 4.34 Å². The Labute approximate surface area is 139 Å². The molecular formula is C12H19ClIN3OS. The van der Waals surface area contributed by atoms with Crippen LogP contribution in [0.3, 0.4) is 0 Å². The Morgan fingerprint density at radius 1 is 1.53 bits per heavy atom. The van der Waals surface area contributed by atoms with Crippen LogP contribution in [0, 0.1) is 5.92 Å². The van der Waals surface area contributed by atoms with Gasteiger partial charge in [-0.15, -0.1) is 35.3 Å². The van der Waals surface area contributed by atoms with Crippen molar-refractivity contribution in [2.75, 3.05) is 20.1 Å². The summed E-state index contributed by atoms with van der Waals surface area (Å²) in [6.07, 6.45) is 2.06. The van der Waals surface area contributed by atoms with Gasteiger partial charge in [0.2, 0.25) is 0 Å². The van der Waals surface area contributed by atoms with E-state index in [-0.39, 0.29) is 24.0 Å². The van der Waals surface area contributed by atoms with Crippen molar-refractivity contribution in [3.05, 3.63) is 21.3 Å². The van der Waals surface area contributed by atoms with E-state index >= 15 is 0 Å². The summed E-state index contributed by atoms with van der Waals surface area (Å²) < 4.78 is 0.695. The smallest absolute Gasteiger partial charge is 0.191 e. The summed E-state index contributed by atoms with van der Waals surface area (Å²) in [4.78, 5) is 4.99. The van der Waals surface area contributed by atoms with Crippen molar-refractivity contribution in [3.63, 3.8) is 0 Å². The van der Waals surface area contributed by atoms with Gasteiger partial charge in [-0.2, -0.15) is 0 Å². The lowest BCUT2D eigenvalue weighted by molar-refractivity contribution is 0.184. The summed E-state index contributed by atoms with van der Waals surface area (Å²) in [6.45, 7) is 1.39. The lowest BCUT2D eigenvalue weighted by atomic mass is 10.3. The highest BCUT2D eigenvalue weighted by Gasteiger charge is 2.21. The van der Waals surface area contributed by atoms with Crippen LogP contribution in [0.1, 0.15) is 23.8 Å². The van der Waals surface area contributed by atoms with E-state index in [1.807, 2.05) is 6.07 Å². The van der Waals surface area contributed by atoms with E-state index in [9.17, 15) is 5.11 Å². The van der Waals surface area contributed by atoms with Crippen LogP contribution >= 0.6 is 46.9 Å². The first kappa shape index (κ1) is 17.0. The summed E-state index contributed by atoms with van der Waals surface area (Å²) >= 11 is 7.24. The maximum atomic E-state index is 9.97. The third-order valence-corrected chi connectivity index (χ3v) is 4.20. The van der Waals surface area contributed by atoms with Crippen LogP contribution < -0.4 is 10.6 Å². The second-order valence-corrected chi connectivity index (χ2v) is 6.18. The molecule has 2 rings (SSSR count). The van der Waals surface area contributed by atoms with Crippen LogP contribution in [0.15, 0.2) is 17.1 Å². The molecule has 1 heterocycles. The van der Waals surface area contributed by atoms with Crippen LogP contribution in [-0.2, 0) is 0 Å². The zero-order chi connectivity index (χ0) is 13.0. The predicted octanol–water partition coefficient (Wildman–Crippen LogP) is 2.63. The quantitative estimate of drug-likeness (QED) is 0.394. The first-order chi connectivity index (χ1) is 8.69. The monoisotopic (exact) mass is 415 g/mol. The van der Waals surface area contributed by atoms with E-state index in [4.69, 9.17) is 11.6 Å². The van der Waals surface area contributed by atoms with Crippen molar-refractivity contribution in [1.82, 2.24) is 10.6 Å². The Kier molecular flexibility index (Phi) is 7.41. The third kappa shape index (κ3) is 5.85. The van der Waals surface area contributed by atoms with Crippen molar-refractivity contribution in [2.45, 2.75) is 18.9 Å². The number of aliphatic imine (C=N–C) groups is 1. The number of thiophene rings is 1. The molecule has 1 aliphatic carbocycles. The fourth-order valence-electron chi connectivity index (χ4n) is 1.58. The molecule has 3 N–H and O–H groups in total. The minimum absolute atomic E-state index is 0. The number of rotatable bonds is 5. The van der Waals surface area contributed by atoms with Gasteiger partial charge >= 0.3 is 0 Å². The molecule has 0 spiro atoms. The first-order valence-electron chi connectivity index (χ1n) is 6.07. The van der Waals surface area contributed by atoms with Crippen LogP contribution in [0.5, 0.6) is 0 Å². The van der Waals surface area contributed by atoms with Crippen molar-refractivity contribution in [3.8, 4) is 0 Å². The molecule has 0 aromatic carbocycles. The number of guanidine groups is 1. The average Bonchev–Trinajstić information content (AvgIpc) is 3.09. The number of aliphatic hydroxyl groups is 1. The van der Waals surface area contributed by atoms with E-state index < -0.39 is 6.10 Å². The minimum Gasteiger partial charge on any atom is -0.386 e. The summed E-state index contributed by atoms with van der Waals surface area (Å²) in [6, 6.07) is 3.64. The van der Waals surface area contributed by atoms with Crippen molar-refractivity contribution >= 4 is 52.9 Å². The van der Waals surface area contributed by atoms with Crippen LogP contribution in [-0.4, -0.2) is 31.2 Å². The second-order valence-electron chi connectivity index (χ2n) is 4.44. The van der Waals surface area contributed by atoms with Crippen LogP contribution in [0.25, 0.3) is 0 Å². The van der Waals surface area contributed by atoms with Gasteiger partial charge in [0.25, 0.3) is 0 Å². The molecule has 1 atom stereocenters. The Balaban J connectivity index is 0.00000180. The molecule has 19 heavy (non-hydrogen) atoms. The third-order valence-electron chi connectivity index (χ3n) is 2.86. The number of nitrogens with zero attached hydrogens (tertiary/aromatic N) is 1. The molecule has 7 heteroatoms. The SMILES string of the molecule is CN=C(NCC1CC1)NCC(O)c1ccc(Cl)s1.I. The molecule has 0 aliphatic heterocycles. The Morgan fingerprint density at radius 2 is 2.26 bits per heavy atom. The molecule has 0 amide bonds. The topological polar surface area (TPSA) is 56.7 Å². The second kappa shape index (κ2) is 8.28. The summed E-state index contributed by atoms with van der Waals surface area (Å²) in [5.41, 5.74) is 0. The standard InChI is InChI=1S/C12H18ClN3OS.HI/c1-14-12(15-6-8-2-3-8)16-7-9(17)10-4-5-11(13)18-10;/h4-5,8-9,17H,2-3,6-7H2,1H3,(H2,14,15,16);1H. The first-order valence-corrected chi connectivity index (χ1v) is 7.26. The number of halogens is 2. The van der Waals surface area contributed by atoms with Gasteiger partial charge in [0.05, 0.1) is 4.34 Å². The van der Waals surface area contributed by atoms with E-state index in [0.717, 1.165) is 23.3 Å². The molecule has 4 nitrogen and oxygen atoms in total. The Morgan fingerprint density at radius 3 is 2.79 bits per heavy atom. The number of hydrogen-bond donors (Lipinski definition) is 3. The average molecular weight is 416 g/mol. The highest BCUT2D eigenvalue weighted by molar-refractivity contribution is 14.0. The lowest BCUT2D eigenvalue weighted by Gasteiger charge is -2.14. The summed E-state index contributed by atoms with van der Waals surface area (Å²) in [5, 5.41) is 16.3. The molecule has 1 saturated carbocycles. The van der Waals surface area contributed by atoms with Gasteiger partial charge < -0.3 is 15.7 Å². The maximum absolute atomic E-state index is 9.97. The molecule has 0 saturated heterocycles. The Bertz CT molecular complexity index is 423. The molecule has 1 aromatic heterocycles. The van der Waals surface area contributed by atoms with Gasteiger partial charge in [0.15, 0.2) is 5.96 Å². The molecular weight excluding hydrogens is 397 g/mol. The van der Waals surface area contributed by atoms with E-state index in [1.54, 1.807) is 13.1 Å². The normalized spacial score (nSPS) is 16.7. The fraction of sp³-hybridized carbons (Fsp3) is 0.583. The van der Waals surface area contributed by atoms with Gasteiger partial charge in [0, 0.05) is 25.0 Å². The zero-order valence-corrected chi connectivity index (χ0v) is 14.6. The molecule has 1 aliphatic rings.